The average Bonchev–Trinajstić information content (AvgIpc) is 2.45. The summed E-state index contributed by atoms with van der Waals surface area (Å²) in [7, 11) is 0. The third-order valence-electron chi connectivity index (χ3n) is 3.16. The fourth-order valence-corrected chi connectivity index (χ4v) is 3.01. The van der Waals surface area contributed by atoms with Gasteiger partial charge in [-0.05, 0) is 29.7 Å². The highest BCUT2D eigenvalue weighted by Gasteiger charge is 2.16. The quantitative estimate of drug-likeness (QED) is 0.640. The van der Waals surface area contributed by atoms with Crippen LogP contribution in [0, 0.1) is 0 Å². The van der Waals surface area contributed by atoms with Crippen LogP contribution in [0.5, 0.6) is 0 Å². The number of halogens is 4. The first-order valence-corrected chi connectivity index (χ1v) is 7.65. The van der Waals surface area contributed by atoms with E-state index in [9.17, 15) is 0 Å². The summed E-state index contributed by atoms with van der Waals surface area (Å²) < 4.78 is 0. The van der Waals surface area contributed by atoms with Gasteiger partial charge in [0.05, 0.1) is 20.1 Å². The van der Waals surface area contributed by atoms with Crippen molar-refractivity contribution in [2.75, 3.05) is 0 Å². The van der Waals surface area contributed by atoms with Crippen LogP contribution in [0.4, 0.5) is 0 Å². The first kappa shape index (κ1) is 15.9. The first-order chi connectivity index (χ1) is 9.45. The maximum atomic E-state index is 6.26. The molecule has 0 saturated carbocycles. The zero-order valence-corrected chi connectivity index (χ0v) is 13.8. The van der Waals surface area contributed by atoms with Gasteiger partial charge in [-0.2, -0.15) is 0 Å². The van der Waals surface area contributed by atoms with Crippen molar-refractivity contribution in [3.63, 3.8) is 0 Å². The van der Waals surface area contributed by atoms with E-state index in [0.29, 0.717) is 25.7 Å². The standard InChI is InChI=1S/C15H13Cl4N/c1-2-12(20)8-4-3-5-9(6-8)13-14(18)10(16)7-11(17)15(13)19/h3-7,12H,2,20H2,1H3. The van der Waals surface area contributed by atoms with Crippen LogP contribution in [0.15, 0.2) is 30.3 Å². The van der Waals surface area contributed by atoms with E-state index >= 15 is 0 Å². The number of rotatable bonds is 3. The van der Waals surface area contributed by atoms with E-state index in [1.807, 2.05) is 31.2 Å². The molecule has 0 bridgehead atoms. The van der Waals surface area contributed by atoms with Crippen LogP contribution in [0.25, 0.3) is 11.1 Å². The molecule has 0 aliphatic heterocycles. The lowest BCUT2D eigenvalue weighted by atomic mass is 9.98. The van der Waals surface area contributed by atoms with Gasteiger partial charge in [0.15, 0.2) is 0 Å². The van der Waals surface area contributed by atoms with E-state index < -0.39 is 0 Å². The van der Waals surface area contributed by atoms with E-state index in [1.54, 1.807) is 6.07 Å². The lowest BCUT2D eigenvalue weighted by Gasteiger charge is -2.14. The summed E-state index contributed by atoms with van der Waals surface area (Å²) in [6.07, 6.45) is 0.848. The van der Waals surface area contributed by atoms with Gasteiger partial charge >= 0.3 is 0 Å². The number of nitrogens with two attached hydrogens (primary N) is 1. The molecule has 0 aromatic heterocycles. The van der Waals surface area contributed by atoms with E-state index in [1.165, 1.54) is 0 Å². The van der Waals surface area contributed by atoms with Gasteiger partial charge in [0.1, 0.15) is 0 Å². The second-order valence-corrected chi connectivity index (χ2v) is 6.05. The monoisotopic (exact) mass is 347 g/mol. The maximum Gasteiger partial charge on any atom is 0.0686 e. The van der Waals surface area contributed by atoms with Crippen molar-refractivity contribution in [1.82, 2.24) is 0 Å². The molecule has 0 aliphatic carbocycles. The van der Waals surface area contributed by atoms with Crippen LogP contribution in [0.3, 0.4) is 0 Å². The van der Waals surface area contributed by atoms with Crippen molar-refractivity contribution in [2.24, 2.45) is 5.73 Å². The average molecular weight is 349 g/mol. The third-order valence-corrected chi connectivity index (χ3v) is 4.73. The Balaban J connectivity index is 2.63. The Morgan fingerprint density at radius 3 is 2.15 bits per heavy atom. The fourth-order valence-electron chi connectivity index (χ4n) is 1.99. The molecule has 0 saturated heterocycles. The van der Waals surface area contributed by atoms with Crippen molar-refractivity contribution >= 4 is 46.4 Å². The van der Waals surface area contributed by atoms with Crippen molar-refractivity contribution in [1.29, 1.82) is 0 Å². The summed E-state index contributed by atoms with van der Waals surface area (Å²) in [5.41, 5.74) is 8.57. The van der Waals surface area contributed by atoms with Gasteiger partial charge in [-0.15, -0.1) is 0 Å². The Morgan fingerprint density at radius 1 is 1.00 bits per heavy atom. The van der Waals surface area contributed by atoms with Gasteiger partial charge in [0, 0.05) is 11.6 Å². The van der Waals surface area contributed by atoms with Gasteiger partial charge < -0.3 is 5.73 Å². The molecule has 20 heavy (non-hydrogen) atoms. The molecule has 1 unspecified atom stereocenters. The molecule has 0 fully saturated rings. The molecule has 0 radical (unpaired) electrons. The molecule has 5 heteroatoms. The van der Waals surface area contributed by atoms with Crippen LogP contribution in [-0.4, -0.2) is 0 Å². The lowest BCUT2D eigenvalue weighted by molar-refractivity contribution is 0.699. The van der Waals surface area contributed by atoms with Gasteiger partial charge in [0.25, 0.3) is 0 Å². The molecule has 1 nitrogen and oxygen atoms in total. The Hall–Kier alpha value is -0.440. The summed E-state index contributed by atoms with van der Waals surface area (Å²) >= 11 is 24.7. The summed E-state index contributed by atoms with van der Waals surface area (Å²) in [5, 5.41) is 1.54. The molecule has 0 heterocycles. The number of benzene rings is 2. The second kappa shape index (κ2) is 6.55. The predicted molar refractivity (Wildman–Crippen MR) is 89.1 cm³/mol. The van der Waals surface area contributed by atoms with Gasteiger partial charge in [-0.3, -0.25) is 0 Å². The summed E-state index contributed by atoms with van der Waals surface area (Å²) in [5.74, 6) is 0. The molecular weight excluding hydrogens is 336 g/mol. The summed E-state index contributed by atoms with van der Waals surface area (Å²) in [6, 6.07) is 9.29. The Bertz CT molecular complexity index is 614. The molecule has 2 aromatic carbocycles. The molecule has 106 valence electrons. The van der Waals surface area contributed by atoms with E-state index in [4.69, 9.17) is 52.1 Å². The zero-order valence-electron chi connectivity index (χ0n) is 10.8. The van der Waals surface area contributed by atoms with Gasteiger partial charge in [0.2, 0.25) is 0 Å². The molecule has 0 spiro atoms. The Morgan fingerprint density at radius 2 is 1.60 bits per heavy atom. The molecule has 0 amide bonds. The zero-order chi connectivity index (χ0) is 14.9. The van der Waals surface area contributed by atoms with E-state index in [0.717, 1.165) is 17.5 Å². The normalized spacial score (nSPS) is 12.5. The molecular formula is C15H13Cl4N. The first-order valence-electron chi connectivity index (χ1n) is 6.14. The Labute approximate surface area is 138 Å². The topological polar surface area (TPSA) is 26.0 Å². The Kier molecular flexibility index (Phi) is 5.22. The van der Waals surface area contributed by atoms with Crippen molar-refractivity contribution < 1.29 is 0 Å². The fraction of sp³-hybridized carbons (Fsp3) is 0.200. The van der Waals surface area contributed by atoms with E-state index in [2.05, 4.69) is 0 Å². The molecule has 2 rings (SSSR count). The highest BCUT2D eigenvalue weighted by atomic mass is 35.5. The largest absolute Gasteiger partial charge is 0.324 e. The van der Waals surface area contributed by atoms with Crippen LogP contribution < -0.4 is 5.73 Å². The minimum Gasteiger partial charge on any atom is -0.324 e. The van der Waals surface area contributed by atoms with Gasteiger partial charge in [-0.25, -0.2) is 0 Å². The highest BCUT2D eigenvalue weighted by molar-refractivity contribution is 6.50. The smallest absolute Gasteiger partial charge is 0.0686 e. The third kappa shape index (κ3) is 3.08. The molecule has 1 atom stereocenters. The highest BCUT2D eigenvalue weighted by Crippen LogP contribution is 2.43. The van der Waals surface area contributed by atoms with Crippen LogP contribution in [0.2, 0.25) is 20.1 Å². The van der Waals surface area contributed by atoms with Crippen molar-refractivity contribution in [3.05, 3.63) is 56.0 Å². The van der Waals surface area contributed by atoms with Crippen LogP contribution in [-0.2, 0) is 0 Å². The summed E-state index contributed by atoms with van der Waals surface area (Å²) in [4.78, 5) is 0. The SMILES string of the molecule is CCC(N)c1cccc(-c2c(Cl)c(Cl)cc(Cl)c2Cl)c1. The number of hydrogen-bond acceptors (Lipinski definition) is 1. The predicted octanol–water partition coefficient (Wildman–Crippen LogP) is 6.38. The minimum atomic E-state index is -0.0258. The molecule has 2 aromatic rings. The molecule has 0 aliphatic rings. The lowest BCUT2D eigenvalue weighted by Crippen LogP contribution is -2.08. The van der Waals surface area contributed by atoms with Gasteiger partial charge in [-0.1, -0.05) is 71.5 Å². The van der Waals surface area contributed by atoms with Crippen LogP contribution in [0.1, 0.15) is 24.9 Å². The van der Waals surface area contributed by atoms with E-state index in [-0.39, 0.29) is 6.04 Å². The number of hydrogen-bond donors (Lipinski definition) is 1. The summed E-state index contributed by atoms with van der Waals surface area (Å²) in [6.45, 7) is 2.04. The minimum absolute atomic E-state index is 0.0258. The van der Waals surface area contributed by atoms with Crippen LogP contribution >= 0.6 is 46.4 Å². The van der Waals surface area contributed by atoms with Crippen molar-refractivity contribution in [3.8, 4) is 11.1 Å². The second-order valence-electron chi connectivity index (χ2n) is 4.48. The van der Waals surface area contributed by atoms with Crippen molar-refractivity contribution in [2.45, 2.75) is 19.4 Å². The maximum absolute atomic E-state index is 6.26. The molecule has 2 N–H and O–H groups in total.